The van der Waals surface area contributed by atoms with Crippen molar-refractivity contribution < 1.29 is 9.90 Å². The van der Waals surface area contributed by atoms with E-state index in [2.05, 4.69) is 4.98 Å². The smallest absolute Gasteiger partial charge is 0.329 e. The minimum Gasteiger partial charge on any atom is -0.479 e. The molecule has 16 heavy (non-hydrogen) atoms. The number of hydrogen-bond acceptors (Lipinski definition) is 3. The Bertz CT molecular complexity index is 380. The molecule has 1 unspecified atom stereocenters. The Labute approximate surface area is 94.9 Å². The number of aliphatic carboxylic acids is 1. The summed E-state index contributed by atoms with van der Waals surface area (Å²) in [5.41, 5.74) is 0.234. The van der Waals surface area contributed by atoms with Crippen molar-refractivity contribution in [1.82, 2.24) is 4.98 Å². The molecule has 1 aliphatic heterocycles. The van der Waals surface area contributed by atoms with Gasteiger partial charge in [-0.2, -0.15) is 0 Å². The third-order valence-electron chi connectivity index (χ3n) is 3.45. The van der Waals surface area contributed by atoms with E-state index >= 15 is 0 Å². The number of carboxylic acids is 1. The molecule has 1 atom stereocenters. The van der Waals surface area contributed by atoms with Crippen LogP contribution in [-0.4, -0.2) is 28.1 Å². The van der Waals surface area contributed by atoms with E-state index in [0.717, 1.165) is 25.1 Å². The van der Waals surface area contributed by atoms with Gasteiger partial charge in [-0.1, -0.05) is 6.92 Å². The lowest BCUT2D eigenvalue weighted by Crippen LogP contribution is -2.50. The highest BCUT2D eigenvalue weighted by Gasteiger charge is 2.46. The van der Waals surface area contributed by atoms with Crippen LogP contribution in [0.3, 0.4) is 0 Å². The van der Waals surface area contributed by atoms with E-state index in [1.54, 1.807) is 12.4 Å². The van der Waals surface area contributed by atoms with E-state index < -0.39 is 11.5 Å². The van der Waals surface area contributed by atoms with Crippen LogP contribution in [0.1, 0.15) is 26.2 Å². The summed E-state index contributed by atoms with van der Waals surface area (Å²) in [6.07, 6.45) is 5.69. The quantitative estimate of drug-likeness (QED) is 0.845. The normalized spacial score (nSPS) is 24.7. The maximum absolute atomic E-state index is 11.5. The molecular weight excluding hydrogens is 204 g/mol. The number of carbonyl (C=O) groups is 1. The highest BCUT2D eigenvalue weighted by molar-refractivity contribution is 5.84. The van der Waals surface area contributed by atoms with Gasteiger partial charge in [0.1, 0.15) is 5.54 Å². The van der Waals surface area contributed by atoms with E-state index in [1.807, 2.05) is 24.0 Å². The van der Waals surface area contributed by atoms with E-state index in [9.17, 15) is 9.90 Å². The molecule has 86 valence electrons. The molecule has 0 bridgehead atoms. The molecule has 0 radical (unpaired) electrons. The second-order valence-corrected chi connectivity index (χ2v) is 4.15. The maximum atomic E-state index is 11.5. The molecule has 0 aromatic carbocycles. The van der Waals surface area contributed by atoms with Gasteiger partial charge in [0.25, 0.3) is 0 Å². The summed E-state index contributed by atoms with van der Waals surface area (Å²) in [5, 5.41) is 9.44. The van der Waals surface area contributed by atoms with E-state index in [0.29, 0.717) is 6.42 Å². The minimum absolute atomic E-state index is 0.630. The molecular formula is C12H16N2O2. The van der Waals surface area contributed by atoms with Crippen LogP contribution >= 0.6 is 0 Å². The van der Waals surface area contributed by atoms with Crippen molar-refractivity contribution in [2.24, 2.45) is 0 Å². The molecule has 0 spiro atoms. The second kappa shape index (κ2) is 4.12. The molecule has 4 nitrogen and oxygen atoms in total. The summed E-state index contributed by atoms with van der Waals surface area (Å²) < 4.78 is 0. The highest BCUT2D eigenvalue weighted by atomic mass is 16.4. The van der Waals surface area contributed by atoms with Crippen molar-refractivity contribution in [1.29, 1.82) is 0 Å². The monoisotopic (exact) mass is 220 g/mol. The molecule has 0 saturated carbocycles. The van der Waals surface area contributed by atoms with Gasteiger partial charge in [-0.3, -0.25) is 4.98 Å². The number of nitrogens with zero attached hydrogens (tertiary/aromatic N) is 2. The van der Waals surface area contributed by atoms with Crippen LogP contribution in [0.2, 0.25) is 0 Å². The van der Waals surface area contributed by atoms with Crippen LogP contribution in [0.5, 0.6) is 0 Å². The number of hydrogen-bond donors (Lipinski definition) is 1. The van der Waals surface area contributed by atoms with Gasteiger partial charge in [-0.05, 0) is 31.4 Å². The molecule has 1 fully saturated rings. The Hall–Kier alpha value is -1.58. The Morgan fingerprint density at radius 1 is 1.56 bits per heavy atom. The predicted octanol–water partition coefficient (Wildman–Crippen LogP) is 1.92. The largest absolute Gasteiger partial charge is 0.479 e. The average molecular weight is 220 g/mol. The van der Waals surface area contributed by atoms with Gasteiger partial charge in [0.15, 0.2) is 0 Å². The molecule has 1 saturated heterocycles. The number of pyridine rings is 1. The maximum Gasteiger partial charge on any atom is 0.329 e. The van der Waals surface area contributed by atoms with E-state index in [1.165, 1.54) is 0 Å². The zero-order chi connectivity index (χ0) is 11.6. The van der Waals surface area contributed by atoms with Crippen LogP contribution in [0, 0.1) is 0 Å². The van der Waals surface area contributed by atoms with Gasteiger partial charge in [-0.25, -0.2) is 4.79 Å². The fraction of sp³-hybridized carbons (Fsp3) is 0.500. The summed E-state index contributed by atoms with van der Waals surface area (Å²) in [7, 11) is 0. The number of rotatable bonds is 3. The predicted molar refractivity (Wildman–Crippen MR) is 61.5 cm³/mol. The lowest BCUT2D eigenvalue weighted by Gasteiger charge is -2.35. The minimum atomic E-state index is -0.721. The first-order valence-electron chi connectivity index (χ1n) is 5.62. The van der Waals surface area contributed by atoms with Gasteiger partial charge in [0, 0.05) is 24.6 Å². The topological polar surface area (TPSA) is 53.4 Å². The second-order valence-electron chi connectivity index (χ2n) is 4.15. The van der Waals surface area contributed by atoms with Crippen LogP contribution < -0.4 is 4.90 Å². The van der Waals surface area contributed by atoms with Gasteiger partial charge < -0.3 is 10.0 Å². The summed E-state index contributed by atoms with van der Waals surface area (Å²) in [6.45, 7) is 2.75. The standard InChI is InChI=1S/C12H16N2O2/c1-2-12(11(15)16)6-3-9-14(12)10-4-7-13-8-5-10/h4-5,7-8H,2-3,6,9H2,1H3,(H,15,16). The average Bonchev–Trinajstić information content (AvgIpc) is 2.75. The van der Waals surface area contributed by atoms with Gasteiger partial charge >= 0.3 is 5.97 Å². The van der Waals surface area contributed by atoms with Crippen molar-refractivity contribution in [2.75, 3.05) is 11.4 Å². The van der Waals surface area contributed by atoms with Crippen molar-refractivity contribution in [2.45, 2.75) is 31.7 Å². The Morgan fingerprint density at radius 3 is 2.81 bits per heavy atom. The molecule has 1 aromatic rings. The third kappa shape index (κ3) is 1.54. The van der Waals surface area contributed by atoms with Crippen molar-refractivity contribution >= 4 is 11.7 Å². The molecule has 4 heteroatoms. The fourth-order valence-electron chi connectivity index (χ4n) is 2.52. The van der Waals surface area contributed by atoms with Gasteiger partial charge in [-0.15, -0.1) is 0 Å². The summed E-state index contributed by atoms with van der Waals surface area (Å²) in [5.74, 6) is -0.718. The SMILES string of the molecule is CCC1(C(=O)O)CCCN1c1ccncc1. The highest BCUT2D eigenvalue weighted by Crippen LogP contribution is 2.36. The number of carboxylic acid groups (broad SMARTS) is 1. The van der Waals surface area contributed by atoms with Gasteiger partial charge in [0.05, 0.1) is 0 Å². The van der Waals surface area contributed by atoms with E-state index in [-0.39, 0.29) is 0 Å². The summed E-state index contributed by atoms with van der Waals surface area (Å²) in [6, 6.07) is 3.75. The first kappa shape index (κ1) is 10.9. The zero-order valence-electron chi connectivity index (χ0n) is 9.39. The number of aromatic nitrogens is 1. The summed E-state index contributed by atoms with van der Waals surface area (Å²) in [4.78, 5) is 17.4. The van der Waals surface area contributed by atoms with Crippen molar-refractivity contribution in [3.05, 3.63) is 24.5 Å². The fourth-order valence-corrected chi connectivity index (χ4v) is 2.52. The van der Waals surface area contributed by atoms with Crippen molar-refractivity contribution in [3.63, 3.8) is 0 Å². The molecule has 0 aliphatic carbocycles. The zero-order valence-corrected chi connectivity index (χ0v) is 9.39. The van der Waals surface area contributed by atoms with Crippen LogP contribution in [0.15, 0.2) is 24.5 Å². The molecule has 1 aliphatic rings. The third-order valence-corrected chi connectivity index (χ3v) is 3.45. The van der Waals surface area contributed by atoms with Crippen LogP contribution in [0.25, 0.3) is 0 Å². The lowest BCUT2D eigenvalue weighted by atomic mass is 9.92. The Balaban J connectivity index is 2.37. The summed E-state index contributed by atoms with van der Waals surface area (Å²) >= 11 is 0. The lowest BCUT2D eigenvalue weighted by molar-refractivity contribution is -0.143. The first-order chi connectivity index (χ1) is 7.70. The molecule has 1 N–H and O–H groups in total. The molecule has 2 heterocycles. The van der Waals surface area contributed by atoms with Gasteiger partial charge in [0.2, 0.25) is 0 Å². The number of anilines is 1. The first-order valence-corrected chi connectivity index (χ1v) is 5.62. The molecule has 0 amide bonds. The Kier molecular flexibility index (Phi) is 2.81. The molecule has 2 rings (SSSR count). The van der Waals surface area contributed by atoms with Crippen molar-refractivity contribution in [3.8, 4) is 0 Å². The van der Waals surface area contributed by atoms with E-state index in [4.69, 9.17) is 0 Å². The van der Waals surface area contributed by atoms with Crippen LogP contribution in [-0.2, 0) is 4.79 Å². The van der Waals surface area contributed by atoms with Crippen LogP contribution in [0.4, 0.5) is 5.69 Å². The molecule has 1 aromatic heterocycles. The Morgan fingerprint density at radius 2 is 2.25 bits per heavy atom.